The number of amidine groups is 1. The zero-order chi connectivity index (χ0) is 18.7. The number of benzene rings is 2. The minimum Gasteiger partial charge on any atom is -0.453 e. The standard InChI is InChI=1S/C15H12BrN3O5S2/c1-23-15(20)18-14-17-11-7-6-9(8-12(11)19-25-14)26(21,22)24-13-5-3-2-4-10(13)16/h2-8,19H,1H3,(H,17,18,20). The maximum absolute atomic E-state index is 12.5. The fourth-order valence-electron chi connectivity index (χ4n) is 1.96. The first-order valence-electron chi connectivity index (χ1n) is 7.08. The van der Waals surface area contributed by atoms with Crippen LogP contribution in [-0.4, -0.2) is 26.8 Å². The summed E-state index contributed by atoms with van der Waals surface area (Å²) in [5.41, 5.74) is 0.942. The molecular formula is C15H12BrN3O5S2. The molecule has 2 aromatic carbocycles. The van der Waals surface area contributed by atoms with Gasteiger partial charge in [-0.25, -0.2) is 9.79 Å². The van der Waals surface area contributed by atoms with E-state index in [2.05, 4.69) is 35.7 Å². The highest BCUT2D eigenvalue weighted by molar-refractivity contribution is 9.10. The summed E-state index contributed by atoms with van der Waals surface area (Å²) in [6, 6.07) is 10.9. The lowest BCUT2D eigenvalue weighted by Crippen LogP contribution is -2.29. The van der Waals surface area contributed by atoms with E-state index in [0.29, 0.717) is 15.8 Å². The van der Waals surface area contributed by atoms with Gasteiger partial charge in [0.05, 0.1) is 23.0 Å². The summed E-state index contributed by atoms with van der Waals surface area (Å²) in [6.45, 7) is 0. The molecule has 0 aromatic heterocycles. The average molecular weight is 458 g/mol. The molecule has 0 fully saturated rings. The molecule has 1 aliphatic rings. The third kappa shape index (κ3) is 4.11. The van der Waals surface area contributed by atoms with Crippen molar-refractivity contribution in [2.24, 2.45) is 4.99 Å². The molecule has 2 aromatic rings. The van der Waals surface area contributed by atoms with Gasteiger partial charge in [-0.3, -0.25) is 5.32 Å². The zero-order valence-electron chi connectivity index (χ0n) is 13.2. The van der Waals surface area contributed by atoms with Crippen molar-refractivity contribution in [2.45, 2.75) is 4.90 Å². The van der Waals surface area contributed by atoms with Crippen LogP contribution in [0.15, 0.2) is 56.8 Å². The first kappa shape index (κ1) is 18.5. The third-order valence-corrected chi connectivity index (χ3v) is 5.76. The van der Waals surface area contributed by atoms with Gasteiger partial charge in [0, 0.05) is 11.9 Å². The van der Waals surface area contributed by atoms with Gasteiger partial charge in [0.1, 0.15) is 4.90 Å². The number of para-hydroxylation sites is 1. The van der Waals surface area contributed by atoms with Crippen LogP contribution in [0, 0.1) is 0 Å². The number of fused-ring (bicyclic) bond motifs is 1. The van der Waals surface area contributed by atoms with E-state index in [0.717, 1.165) is 11.9 Å². The summed E-state index contributed by atoms with van der Waals surface area (Å²) in [7, 11) is -2.78. The number of carbonyl (C=O) groups is 1. The van der Waals surface area contributed by atoms with Crippen LogP contribution in [0.4, 0.5) is 16.2 Å². The monoisotopic (exact) mass is 457 g/mol. The van der Waals surface area contributed by atoms with E-state index in [4.69, 9.17) is 4.18 Å². The maximum Gasteiger partial charge on any atom is 0.412 e. The average Bonchev–Trinajstić information content (AvgIpc) is 2.63. The van der Waals surface area contributed by atoms with Gasteiger partial charge in [0.2, 0.25) is 0 Å². The summed E-state index contributed by atoms with van der Waals surface area (Å²) in [4.78, 5) is 15.4. The number of ether oxygens (including phenoxy) is 1. The lowest BCUT2D eigenvalue weighted by atomic mass is 10.3. The van der Waals surface area contributed by atoms with Crippen molar-refractivity contribution in [1.29, 1.82) is 0 Å². The lowest BCUT2D eigenvalue weighted by molar-refractivity contribution is 0.177. The van der Waals surface area contributed by atoms with Gasteiger partial charge in [0.15, 0.2) is 10.9 Å². The van der Waals surface area contributed by atoms with Crippen molar-refractivity contribution in [3.63, 3.8) is 0 Å². The molecule has 0 spiro atoms. The smallest absolute Gasteiger partial charge is 0.412 e. The van der Waals surface area contributed by atoms with Crippen molar-refractivity contribution < 1.29 is 22.1 Å². The van der Waals surface area contributed by atoms with Crippen LogP contribution < -0.4 is 14.2 Å². The number of aliphatic imine (C=N–C) groups is 1. The molecule has 8 nitrogen and oxygen atoms in total. The van der Waals surface area contributed by atoms with Gasteiger partial charge >= 0.3 is 16.2 Å². The summed E-state index contributed by atoms with van der Waals surface area (Å²) >= 11 is 4.27. The quantitative estimate of drug-likeness (QED) is 0.535. The van der Waals surface area contributed by atoms with Crippen molar-refractivity contribution in [1.82, 2.24) is 5.32 Å². The molecular weight excluding hydrogens is 446 g/mol. The van der Waals surface area contributed by atoms with Crippen molar-refractivity contribution in [3.05, 3.63) is 46.9 Å². The third-order valence-electron chi connectivity index (χ3n) is 3.17. The molecule has 3 rings (SSSR count). The lowest BCUT2D eigenvalue weighted by Gasteiger charge is -2.17. The number of nitrogens with zero attached hydrogens (tertiary/aromatic N) is 1. The second-order valence-corrected chi connectivity index (χ2v) is 8.08. The number of methoxy groups -OCH3 is 1. The Labute approximate surface area is 162 Å². The molecule has 0 aliphatic carbocycles. The van der Waals surface area contributed by atoms with Crippen LogP contribution in [0.1, 0.15) is 0 Å². The molecule has 0 radical (unpaired) electrons. The zero-order valence-corrected chi connectivity index (χ0v) is 16.4. The van der Waals surface area contributed by atoms with Gasteiger partial charge in [-0.2, -0.15) is 8.42 Å². The van der Waals surface area contributed by atoms with Crippen molar-refractivity contribution >= 4 is 60.6 Å². The second kappa shape index (κ2) is 7.56. The number of halogens is 1. The fourth-order valence-corrected chi connectivity index (χ4v) is 4.05. The summed E-state index contributed by atoms with van der Waals surface area (Å²) in [6.07, 6.45) is -0.650. The van der Waals surface area contributed by atoms with Crippen LogP contribution in [0.3, 0.4) is 0 Å². The molecule has 0 unspecified atom stereocenters. The van der Waals surface area contributed by atoms with E-state index in [1.165, 1.54) is 25.3 Å². The molecule has 2 N–H and O–H groups in total. The van der Waals surface area contributed by atoms with Gasteiger partial charge in [-0.05, 0) is 46.3 Å². The van der Waals surface area contributed by atoms with Gasteiger partial charge in [-0.15, -0.1) is 0 Å². The molecule has 0 saturated heterocycles. The Bertz CT molecular complexity index is 995. The number of amides is 1. The van der Waals surface area contributed by atoms with E-state index in [1.807, 2.05) is 0 Å². The number of anilines is 1. The van der Waals surface area contributed by atoms with Crippen LogP contribution in [0.5, 0.6) is 5.75 Å². The van der Waals surface area contributed by atoms with E-state index in [9.17, 15) is 13.2 Å². The Morgan fingerprint density at radius 2 is 2.04 bits per heavy atom. The van der Waals surface area contributed by atoms with E-state index in [-0.39, 0.29) is 15.8 Å². The van der Waals surface area contributed by atoms with Gasteiger partial charge in [0.25, 0.3) is 0 Å². The van der Waals surface area contributed by atoms with Crippen LogP contribution >= 0.6 is 27.9 Å². The Morgan fingerprint density at radius 3 is 2.77 bits per heavy atom. The van der Waals surface area contributed by atoms with Gasteiger partial charge < -0.3 is 13.6 Å². The first-order valence-corrected chi connectivity index (χ1v) is 10.1. The predicted molar refractivity (Wildman–Crippen MR) is 102 cm³/mol. The Morgan fingerprint density at radius 1 is 1.27 bits per heavy atom. The molecule has 136 valence electrons. The van der Waals surface area contributed by atoms with Crippen LogP contribution in [0.25, 0.3) is 0 Å². The Hall–Kier alpha value is -2.24. The molecule has 0 saturated carbocycles. The van der Waals surface area contributed by atoms with Crippen molar-refractivity contribution in [3.8, 4) is 5.75 Å². The SMILES string of the molecule is COC(=O)NC1=Nc2ccc(S(=O)(=O)Oc3ccccc3Br)cc2NS1. The molecule has 1 amide bonds. The highest BCUT2D eigenvalue weighted by Gasteiger charge is 2.22. The topological polar surface area (TPSA) is 106 Å². The highest BCUT2D eigenvalue weighted by Crippen LogP contribution is 2.35. The minimum absolute atomic E-state index is 0.0281. The maximum atomic E-state index is 12.5. The largest absolute Gasteiger partial charge is 0.453 e. The summed E-state index contributed by atoms with van der Waals surface area (Å²) in [5, 5.41) is 2.72. The number of nitrogens with one attached hydrogen (secondary N) is 2. The number of rotatable bonds is 3. The molecule has 0 atom stereocenters. The second-order valence-electron chi connectivity index (χ2n) is 4.88. The van der Waals surface area contributed by atoms with Crippen LogP contribution in [-0.2, 0) is 14.9 Å². The Kier molecular flexibility index (Phi) is 5.39. The molecule has 0 bridgehead atoms. The van der Waals surface area contributed by atoms with Gasteiger partial charge in [-0.1, -0.05) is 12.1 Å². The molecule has 1 aliphatic heterocycles. The van der Waals surface area contributed by atoms with E-state index >= 15 is 0 Å². The summed E-state index contributed by atoms with van der Waals surface area (Å²) in [5.74, 6) is 0.190. The highest BCUT2D eigenvalue weighted by atomic mass is 79.9. The number of hydrogen-bond acceptors (Lipinski definition) is 8. The molecule has 1 heterocycles. The van der Waals surface area contributed by atoms with Crippen LogP contribution in [0.2, 0.25) is 0 Å². The Balaban J connectivity index is 1.85. The number of hydrogen-bond donors (Lipinski definition) is 2. The van der Waals surface area contributed by atoms with E-state index in [1.54, 1.807) is 24.3 Å². The van der Waals surface area contributed by atoms with Crippen molar-refractivity contribution in [2.75, 3.05) is 11.8 Å². The number of alkyl carbamates (subject to hydrolysis) is 1. The molecule has 26 heavy (non-hydrogen) atoms. The minimum atomic E-state index is -4.02. The fraction of sp³-hybridized carbons (Fsp3) is 0.0667. The first-order chi connectivity index (χ1) is 12.4. The number of carbonyl (C=O) groups excluding carboxylic acids is 1. The molecule has 11 heteroatoms. The normalized spacial score (nSPS) is 13.1. The summed E-state index contributed by atoms with van der Waals surface area (Å²) < 4.78 is 38.1. The van der Waals surface area contributed by atoms with E-state index < -0.39 is 16.2 Å². The predicted octanol–water partition coefficient (Wildman–Crippen LogP) is 3.63.